The molecule has 0 aliphatic carbocycles. The van der Waals surface area contributed by atoms with Crippen LogP contribution in [0.2, 0.25) is 0 Å². The molecule has 0 bridgehead atoms. The summed E-state index contributed by atoms with van der Waals surface area (Å²) in [6, 6.07) is 2.15. The van der Waals surface area contributed by atoms with Crippen LogP contribution in [0.3, 0.4) is 0 Å². The number of aliphatic hydroxyl groups is 1. The molecule has 0 aromatic carbocycles. The fourth-order valence-electron chi connectivity index (χ4n) is 3.08. The monoisotopic (exact) mass is 286 g/mol. The Kier molecular flexibility index (Phi) is 2.66. The molecular formula is C14H18N6O. The van der Waals surface area contributed by atoms with Gasteiger partial charge < -0.3 is 20.8 Å². The minimum atomic E-state index is -0.650. The van der Waals surface area contributed by atoms with Crippen molar-refractivity contribution in [1.29, 1.82) is 0 Å². The lowest BCUT2D eigenvalue weighted by Gasteiger charge is -2.23. The Balaban J connectivity index is 2.03. The van der Waals surface area contributed by atoms with E-state index in [2.05, 4.69) is 20.0 Å². The molecule has 1 aliphatic rings. The first-order valence-corrected chi connectivity index (χ1v) is 7.18. The molecule has 7 heteroatoms. The van der Waals surface area contributed by atoms with Crippen molar-refractivity contribution in [3.63, 3.8) is 0 Å². The van der Waals surface area contributed by atoms with Crippen LogP contribution in [0.25, 0.3) is 22.1 Å². The molecule has 4 rings (SSSR count). The van der Waals surface area contributed by atoms with Crippen LogP contribution in [-0.2, 0) is 0 Å². The number of pyridine rings is 1. The van der Waals surface area contributed by atoms with Gasteiger partial charge in [-0.3, -0.25) is 0 Å². The molecule has 1 aliphatic heterocycles. The SMILES string of the molecule is C[C@@H](O)c1nc2cnc3[nH]ccc3c2n1N1CCC(N)C1. The van der Waals surface area contributed by atoms with E-state index in [1.807, 2.05) is 16.9 Å². The molecule has 0 radical (unpaired) electrons. The number of nitrogens with zero attached hydrogens (tertiary/aromatic N) is 4. The maximum atomic E-state index is 10.1. The summed E-state index contributed by atoms with van der Waals surface area (Å²) in [5.41, 5.74) is 8.63. The number of aliphatic hydroxyl groups excluding tert-OH is 1. The van der Waals surface area contributed by atoms with Crippen LogP contribution >= 0.6 is 0 Å². The predicted molar refractivity (Wildman–Crippen MR) is 80.6 cm³/mol. The quantitative estimate of drug-likeness (QED) is 0.642. The van der Waals surface area contributed by atoms with Gasteiger partial charge in [0.1, 0.15) is 22.8 Å². The van der Waals surface area contributed by atoms with Crippen molar-refractivity contribution in [1.82, 2.24) is 19.6 Å². The third-order valence-electron chi connectivity index (χ3n) is 4.06. The van der Waals surface area contributed by atoms with Gasteiger partial charge in [-0.05, 0) is 19.4 Å². The second-order valence-electron chi connectivity index (χ2n) is 5.65. The van der Waals surface area contributed by atoms with E-state index in [1.54, 1.807) is 13.1 Å². The van der Waals surface area contributed by atoms with Crippen LogP contribution in [0.4, 0.5) is 0 Å². The Labute approximate surface area is 121 Å². The molecule has 3 aromatic rings. The van der Waals surface area contributed by atoms with Crippen molar-refractivity contribution in [3.05, 3.63) is 24.3 Å². The van der Waals surface area contributed by atoms with Crippen LogP contribution < -0.4 is 10.7 Å². The molecule has 4 N–H and O–H groups in total. The Bertz CT molecular complexity index is 804. The van der Waals surface area contributed by atoms with E-state index in [9.17, 15) is 5.11 Å². The van der Waals surface area contributed by atoms with Gasteiger partial charge in [0.15, 0.2) is 5.82 Å². The Morgan fingerprint density at radius 2 is 2.38 bits per heavy atom. The summed E-state index contributed by atoms with van der Waals surface area (Å²) in [6.45, 7) is 3.36. The van der Waals surface area contributed by atoms with Gasteiger partial charge in [-0.1, -0.05) is 0 Å². The zero-order valence-electron chi connectivity index (χ0n) is 11.8. The van der Waals surface area contributed by atoms with E-state index < -0.39 is 6.10 Å². The number of aromatic nitrogens is 4. The first-order valence-electron chi connectivity index (χ1n) is 7.18. The van der Waals surface area contributed by atoms with Gasteiger partial charge in [0.2, 0.25) is 0 Å². The molecule has 0 amide bonds. The third-order valence-corrected chi connectivity index (χ3v) is 4.06. The van der Waals surface area contributed by atoms with Crippen LogP contribution in [0.15, 0.2) is 18.5 Å². The molecule has 1 unspecified atom stereocenters. The van der Waals surface area contributed by atoms with Crippen LogP contribution in [0.5, 0.6) is 0 Å². The van der Waals surface area contributed by atoms with Gasteiger partial charge >= 0.3 is 0 Å². The van der Waals surface area contributed by atoms with E-state index in [4.69, 9.17) is 5.73 Å². The van der Waals surface area contributed by atoms with E-state index in [0.717, 1.165) is 41.6 Å². The largest absolute Gasteiger partial charge is 0.385 e. The molecule has 1 fully saturated rings. The topological polar surface area (TPSA) is 96.0 Å². The zero-order valence-corrected chi connectivity index (χ0v) is 11.8. The van der Waals surface area contributed by atoms with Crippen molar-refractivity contribution in [2.45, 2.75) is 25.5 Å². The summed E-state index contributed by atoms with van der Waals surface area (Å²) in [7, 11) is 0. The first-order chi connectivity index (χ1) is 10.1. The average Bonchev–Trinajstić information content (AvgIpc) is 3.12. The summed E-state index contributed by atoms with van der Waals surface area (Å²) in [5.74, 6) is 0.634. The van der Waals surface area contributed by atoms with Gasteiger partial charge in [0, 0.05) is 30.7 Å². The molecule has 2 atom stereocenters. The predicted octanol–water partition coefficient (Wildman–Crippen LogP) is 0.635. The van der Waals surface area contributed by atoms with Crippen molar-refractivity contribution >= 4 is 22.1 Å². The Hall–Kier alpha value is -2.12. The molecular weight excluding hydrogens is 268 g/mol. The fraction of sp³-hybridized carbons (Fsp3) is 0.429. The number of fused-ring (bicyclic) bond motifs is 3. The number of H-pyrrole nitrogens is 1. The summed E-state index contributed by atoms with van der Waals surface area (Å²) < 4.78 is 2.02. The van der Waals surface area contributed by atoms with Gasteiger partial charge in [-0.25, -0.2) is 14.6 Å². The van der Waals surface area contributed by atoms with Gasteiger partial charge in [-0.2, -0.15) is 0 Å². The second-order valence-corrected chi connectivity index (χ2v) is 5.65. The maximum Gasteiger partial charge on any atom is 0.157 e. The van der Waals surface area contributed by atoms with Crippen LogP contribution in [0, 0.1) is 0 Å². The highest BCUT2D eigenvalue weighted by molar-refractivity contribution is 6.01. The van der Waals surface area contributed by atoms with Crippen molar-refractivity contribution in [2.75, 3.05) is 18.1 Å². The zero-order chi connectivity index (χ0) is 14.6. The van der Waals surface area contributed by atoms with Gasteiger partial charge in [-0.15, -0.1) is 0 Å². The van der Waals surface area contributed by atoms with E-state index in [-0.39, 0.29) is 6.04 Å². The first kappa shape index (κ1) is 12.6. The summed E-state index contributed by atoms with van der Waals surface area (Å²) in [6.07, 6.45) is 3.90. The molecule has 4 heterocycles. The van der Waals surface area contributed by atoms with E-state index in [1.165, 1.54) is 0 Å². The molecule has 0 saturated carbocycles. The highest BCUT2D eigenvalue weighted by Gasteiger charge is 2.26. The maximum absolute atomic E-state index is 10.1. The normalized spacial score (nSPS) is 20.7. The molecule has 7 nitrogen and oxygen atoms in total. The number of aromatic amines is 1. The van der Waals surface area contributed by atoms with Gasteiger partial charge in [0.05, 0.1) is 6.20 Å². The minimum Gasteiger partial charge on any atom is -0.385 e. The smallest absolute Gasteiger partial charge is 0.157 e. The molecule has 3 aromatic heterocycles. The standard InChI is InChI=1S/C14H18N6O/c1-8(21)14-18-11-6-17-13-10(2-4-16-13)12(11)20(14)19-5-3-9(15)7-19/h2,4,6,8-9,21H,3,5,7,15H2,1H3,(H,16,17)/t8-,9?/m1/s1. The van der Waals surface area contributed by atoms with E-state index >= 15 is 0 Å². The molecule has 110 valence electrons. The number of rotatable bonds is 2. The Morgan fingerprint density at radius 1 is 1.52 bits per heavy atom. The minimum absolute atomic E-state index is 0.160. The number of imidazole rings is 1. The highest BCUT2D eigenvalue weighted by Crippen LogP contribution is 2.28. The molecule has 0 spiro atoms. The fourth-order valence-corrected chi connectivity index (χ4v) is 3.08. The average molecular weight is 286 g/mol. The van der Waals surface area contributed by atoms with E-state index in [0.29, 0.717) is 5.82 Å². The van der Waals surface area contributed by atoms with Crippen molar-refractivity contribution in [3.8, 4) is 0 Å². The van der Waals surface area contributed by atoms with Crippen LogP contribution in [0.1, 0.15) is 25.3 Å². The van der Waals surface area contributed by atoms with Crippen molar-refractivity contribution in [2.24, 2.45) is 5.73 Å². The lowest BCUT2D eigenvalue weighted by Crippen LogP contribution is -2.36. The summed E-state index contributed by atoms with van der Waals surface area (Å²) in [5, 5.41) is 13.3. The summed E-state index contributed by atoms with van der Waals surface area (Å²) in [4.78, 5) is 12.1. The molecule has 21 heavy (non-hydrogen) atoms. The van der Waals surface area contributed by atoms with Crippen LogP contribution in [-0.4, -0.2) is 43.9 Å². The van der Waals surface area contributed by atoms with Gasteiger partial charge in [0.25, 0.3) is 0 Å². The lowest BCUT2D eigenvalue weighted by atomic mass is 10.3. The van der Waals surface area contributed by atoms with Crippen molar-refractivity contribution < 1.29 is 5.11 Å². The lowest BCUT2D eigenvalue weighted by molar-refractivity contribution is 0.184. The number of hydrogen-bond acceptors (Lipinski definition) is 5. The number of hydrogen-bond donors (Lipinski definition) is 3. The number of nitrogens with two attached hydrogens (primary N) is 1. The Morgan fingerprint density at radius 3 is 3.10 bits per heavy atom. The third kappa shape index (κ3) is 1.81. The number of nitrogens with one attached hydrogen (secondary N) is 1. The summed E-state index contributed by atoms with van der Waals surface area (Å²) >= 11 is 0. The molecule has 1 saturated heterocycles. The highest BCUT2D eigenvalue weighted by atomic mass is 16.3. The second kappa shape index (κ2) is 4.44.